The highest BCUT2D eigenvalue weighted by atomic mass is 16.6. The van der Waals surface area contributed by atoms with Gasteiger partial charge in [0.2, 0.25) is 0 Å². The van der Waals surface area contributed by atoms with Gasteiger partial charge in [0.1, 0.15) is 5.60 Å². The molecule has 6 rings (SSSR count). The van der Waals surface area contributed by atoms with Crippen LogP contribution in [0.25, 0.3) is 0 Å². The van der Waals surface area contributed by atoms with Crippen LogP contribution in [-0.4, -0.2) is 17.4 Å². The summed E-state index contributed by atoms with van der Waals surface area (Å²) in [7, 11) is 0. The number of allylic oxidation sites excluding steroid dienone is 1. The van der Waals surface area contributed by atoms with Crippen molar-refractivity contribution in [1.82, 2.24) is 0 Å². The molecule has 9 atom stereocenters. The second kappa shape index (κ2) is 4.72. The first-order valence-electron chi connectivity index (χ1n) is 10.6. The highest BCUT2D eigenvalue weighted by Crippen LogP contribution is 2.78. The molecule has 26 heavy (non-hydrogen) atoms. The van der Waals surface area contributed by atoms with Gasteiger partial charge in [-0.3, -0.25) is 4.79 Å². The van der Waals surface area contributed by atoms with Crippen molar-refractivity contribution < 1.29 is 14.3 Å². The normalized spacial score (nSPS) is 56.4. The summed E-state index contributed by atoms with van der Waals surface area (Å²) in [4.78, 5) is 23.9. The molecule has 0 aromatic rings. The third kappa shape index (κ3) is 1.67. The van der Waals surface area contributed by atoms with Gasteiger partial charge in [-0.1, -0.05) is 19.4 Å². The van der Waals surface area contributed by atoms with Crippen LogP contribution >= 0.6 is 0 Å². The topological polar surface area (TPSA) is 43.4 Å². The number of hydrogen-bond donors (Lipinski definition) is 0. The molecule has 138 valence electrons. The molecule has 0 aromatic carbocycles. The van der Waals surface area contributed by atoms with Crippen molar-refractivity contribution in [2.45, 2.75) is 58.0 Å². The highest BCUT2D eigenvalue weighted by molar-refractivity contribution is 5.91. The number of fused-ring (bicyclic) bond motifs is 9. The molecular formula is C23H28O3. The Morgan fingerprint density at radius 1 is 1.19 bits per heavy atom. The predicted molar refractivity (Wildman–Crippen MR) is 97.0 cm³/mol. The molecule has 4 saturated carbocycles. The van der Waals surface area contributed by atoms with Crippen LogP contribution in [0, 0.1) is 46.8 Å². The average molecular weight is 352 g/mol. The van der Waals surface area contributed by atoms with Crippen LogP contribution in [0.4, 0.5) is 0 Å². The van der Waals surface area contributed by atoms with E-state index in [2.05, 4.69) is 19.9 Å². The summed E-state index contributed by atoms with van der Waals surface area (Å²) in [6.07, 6.45) is 12.3. The largest absolute Gasteiger partial charge is 0.451 e. The van der Waals surface area contributed by atoms with Gasteiger partial charge in [-0.25, -0.2) is 4.79 Å². The Morgan fingerprint density at radius 3 is 2.81 bits per heavy atom. The van der Waals surface area contributed by atoms with Crippen molar-refractivity contribution in [1.29, 1.82) is 0 Å². The van der Waals surface area contributed by atoms with E-state index in [-0.39, 0.29) is 17.0 Å². The molecule has 5 aliphatic carbocycles. The van der Waals surface area contributed by atoms with Crippen LogP contribution in [0.3, 0.4) is 0 Å². The second-order valence-corrected chi connectivity index (χ2v) is 10.3. The van der Waals surface area contributed by atoms with Crippen molar-refractivity contribution in [3.8, 4) is 0 Å². The van der Waals surface area contributed by atoms with Gasteiger partial charge in [-0.15, -0.1) is 0 Å². The Labute approximate surface area is 155 Å². The van der Waals surface area contributed by atoms with Crippen LogP contribution in [0.5, 0.6) is 0 Å². The van der Waals surface area contributed by atoms with Crippen molar-refractivity contribution in [3.63, 3.8) is 0 Å². The average Bonchev–Trinajstić information content (AvgIpc) is 3.24. The molecule has 3 heteroatoms. The Hall–Kier alpha value is -1.38. The van der Waals surface area contributed by atoms with Gasteiger partial charge >= 0.3 is 5.97 Å². The lowest BCUT2D eigenvalue weighted by Gasteiger charge is -2.58. The number of ether oxygens (including phenoxy) is 1. The lowest BCUT2D eigenvalue weighted by Crippen LogP contribution is -2.56. The molecule has 0 saturated heterocycles. The molecule has 4 fully saturated rings. The molecule has 3 nitrogen and oxygen atoms in total. The summed E-state index contributed by atoms with van der Waals surface area (Å²) in [6, 6.07) is 0. The first-order chi connectivity index (χ1) is 12.4. The molecular weight excluding hydrogens is 324 g/mol. The van der Waals surface area contributed by atoms with E-state index in [9.17, 15) is 9.59 Å². The maximum Gasteiger partial charge on any atom is 0.331 e. The van der Waals surface area contributed by atoms with Crippen molar-refractivity contribution >= 4 is 11.8 Å². The van der Waals surface area contributed by atoms with Gasteiger partial charge in [-0.2, -0.15) is 0 Å². The highest BCUT2D eigenvalue weighted by Gasteiger charge is 2.78. The summed E-state index contributed by atoms with van der Waals surface area (Å²) >= 11 is 0. The van der Waals surface area contributed by atoms with Gasteiger partial charge < -0.3 is 4.74 Å². The number of carbonyl (C=O) groups is 2. The maximum atomic E-state index is 12.0. The minimum absolute atomic E-state index is 0.102. The Bertz CT molecular complexity index is 778. The third-order valence-corrected chi connectivity index (χ3v) is 9.38. The van der Waals surface area contributed by atoms with Crippen molar-refractivity contribution in [3.05, 3.63) is 23.8 Å². The molecule has 0 aromatic heterocycles. The zero-order valence-electron chi connectivity index (χ0n) is 15.7. The number of esters is 1. The van der Waals surface area contributed by atoms with E-state index in [1.54, 1.807) is 6.08 Å². The molecule has 6 aliphatic rings. The molecule has 1 spiro atoms. The van der Waals surface area contributed by atoms with E-state index in [0.29, 0.717) is 29.5 Å². The van der Waals surface area contributed by atoms with E-state index in [1.165, 1.54) is 18.4 Å². The summed E-state index contributed by atoms with van der Waals surface area (Å²) < 4.78 is 6.07. The monoisotopic (exact) mass is 352 g/mol. The molecule has 1 heterocycles. The summed E-state index contributed by atoms with van der Waals surface area (Å²) in [5.74, 6) is 4.90. The van der Waals surface area contributed by atoms with Crippen molar-refractivity contribution in [2.24, 2.45) is 46.8 Å². The van der Waals surface area contributed by atoms with E-state index in [4.69, 9.17) is 4.74 Å². The predicted octanol–water partition coefficient (Wildman–Crippen LogP) is 4.08. The van der Waals surface area contributed by atoms with E-state index >= 15 is 0 Å². The van der Waals surface area contributed by atoms with E-state index < -0.39 is 0 Å². The van der Waals surface area contributed by atoms with Crippen LogP contribution in [0.2, 0.25) is 0 Å². The van der Waals surface area contributed by atoms with E-state index in [1.807, 2.05) is 6.08 Å². The maximum absolute atomic E-state index is 12.0. The zero-order chi connectivity index (χ0) is 17.8. The van der Waals surface area contributed by atoms with Crippen LogP contribution in [-0.2, 0) is 14.3 Å². The molecule has 0 N–H and O–H groups in total. The molecule has 0 bridgehead atoms. The molecule has 0 unspecified atom stereocenters. The van der Waals surface area contributed by atoms with E-state index in [0.717, 1.165) is 43.4 Å². The first-order valence-corrected chi connectivity index (χ1v) is 10.6. The Morgan fingerprint density at radius 2 is 2.04 bits per heavy atom. The van der Waals surface area contributed by atoms with Gasteiger partial charge in [0.25, 0.3) is 0 Å². The van der Waals surface area contributed by atoms with Gasteiger partial charge in [0.15, 0.2) is 5.78 Å². The summed E-state index contributed by atoms with van der Waals surface area (Å²) in [5, 5.41) is 0. The fourth-order valence-corrected chi connectivity index (χ4v) is 8.51. The van der Waals surface area contributed by atoms with Gasteiger partial charge in [0.05, 0.1) is 0 Å². The lowest BCUT2D eigenvalue weighted by atomic mass is 9.47. The summed E-state index contributed by atoms with van der Waals surface area (Å²) in [5.41, 5.74) is 1.23. The molecule has 1 aliphatic heterocycles. The smallest absolute Gasteiger partial charge is 0.331 e. The van der Waals surface area contributed by atoms with Crippen LogP contribution < -0.4 is 0 Å². The summed E-state index contributed by atoms with van der Waals surface area (Å²) in [6.45, 7) is 4.84. The fraction of sp³-hybridized carbons (Fsp3) is 0.739. The number of rotatable bonds is 0. The Balaban J connectivity index is 1.41. The lowest BCUT2D eigenvalue weighted by molar-refractivity contribution is -0.169. The zero-order valence-corrected chi connectivity index (χ0v) is 15.7. The molecule has 0 amide bonds. The number of carbonyl (C=O) groups excluding carboxylic acids is 2. The number of ketones is 1. The first kappa shape index (κ1) is 15.7. The van der Waals surface area contributed by atoms with Crippen molar-refractivity contribution in [2.75, 3.05) is 0 Å². The minimum Gasteiger partial charge on any atom is -0.451 e. The molecule has 0 radical (unpaired) electrons. The Kier molecular flexibility index (Phi) is 2.84. The van der Waals surface area contributed by atoms with Crippen LogP contribution in [0.15, 0.2) is 23.8 Å². The number of hydrogen-bond acceptors (Lipinski definition) is 3. The second-order valence-electron chi connectivity index (χ2n) is 10.3. The van der Waals surface area contributed by atoms with Gasteiger partial charge in [-0.05, 0) is 79.8 Å². The standard InChI is InChI=1S/C23H28O3/c1-12-9-13-10-14(24)3-4-15(13)16-5-7-22(2)21(20(12)16)17-11-18(17)23(22)8-6-19(25)26-23/h6,8,10,12,15-18,20-21H,3-5,7,9,11H2,1-2H3/t12-,15+,16-,17+,18-,20-,21+,22+,23+/m1/s1. The van der Waals surface area contributed by atoms with Crippen LogP contribution in [0.1, 0.15) is 52.4 Å². The van der Waals surface area contributed by atoms with Gasteiger partial charge in [0, 0.05) is 23.8 Å². The quantitative estimate of drug-likeness (QED) is 0.617. The minimum atomic E-state index is -0.317. The third-order valence-electron chi connectivity index (χ3n) is 9.38. The fourth-order valence-electron chi connectivity index (χ4n) is 8.51. The SMILES string of the molecule is C[C@@H]1CC2=CC(=O)CC[C@@H]2[C@H]2CC[C@@]3(C)[C@@H]([C@H]4C[C@H]4[C@@]34C=CC(=O)O4)[C@@H]21.